The summed E-state index contributed by atoms with van der Waals surface area (Å²) in [5.74, 6) is 0. The number of aryl methyl sites for hydroxylation is 1. The van der Waals surface area contributed by atoms with Crippen molar-refractivity contribution in [2.24, 2.45) is 5.73 Å². The van der Waals surface area contributed by atoms with Crippen LogP contribution in [-0.4, -0.2) is 12.1 Å². The smallest absolute Gasteiger partial charge is 0.0344 e. The highest BCUT2D eigenvalue weighted by molar-refractivity contribution is 9.10. The summed E-state index contributed by atoms with van der Waals surface area (Å²) >= 11 is 3.48. The van der Waals surface area contributed by atoms with Gasteiger partial charge in [-0.25, -0.2) is 0 Å². The Hall–Kier alpha value is -0.540. The number of benzene rings is 1. The second-order valence-corrected chi connectivity index (χ2v) is 5.03. The van der Waals surface area contributed by atoms with Crippen molar-refractivity contribution in [1.82, 2.24) is 0 Å². The second-order valence-electron chi connectivity index (χ2n) is 4.18. The van der Waals surface area contributed by atoms with Gasteiger partial charge in [0, 0.05) is 22.2 Å². The SMILES string of the molecule is Cc1cc(NCC2(N)CC2)ccc1Br. The predicted octanol–water partition coefficient (Wildman–Crippen LogP) is 2.66. The molecule has 2 nitrogen and oxygen atoms in total. The Bertz CT molecular complexity index is 345. The predicted molar refractivity (Wildman–Crippen MR) is 63.5 cm³/mol. The van der Waals surface area contributed by atoms with Crippen LogP contribution in [-0.2, 0) is 0 Å². The minimum absolute atomic E-state index is 0.0704. The number of nitrogens with two attached hydrogens (primary N) is 1. The van der Waals surface area contributed by atoms with E-state index in [1.807, 2.05) is 0 Å². The molecule has 3 heteroatoms. The molecule has 0 heterocycles. The Morgan fingerprint density at radius 1 is 1.50 bits per heavy atom. The van der Waals surface area contributed by atoms with E-state index in [1.165, 1.54) is 5.56 Å². The minimum atomic E-state index is 0.0704. The number of rotatable bonds is 3. The van der Waals surface area contributed by atoms with Gasteiger partial charge in [-0.1, -0.05) is 15.9 Å². The molecule has 76 valence electrons. The van der Waals surface area contributed by atoms with Gasteiger partial charge in [0.05, 0.1) is 0 Å². The molecule has 0 aromatic heterocycles. The maximum atomic E-state index is 5.99. The zero-order valence-electron chi connectivity index (χ0n) is 8.31. The third kappa shape index (κ3) is 2.28. The monoisotopic (exact) mass is 254 g/mol. The Labute approximate surface area is 93.0 Å². The highest BCUT2D eigenvalue weighted by Crippen LogP contribution is 2.32. The van der Waals surface area contributed by atoms with Crippen molar-refractivity contribution in [2.45, 2.75) is 25.3 Å². The van der Waals surface area contributed by atoms with E-state index in [0.717, 1.165) is 29.5 Å². The molecule has 0 spiro atoms. The van der Waals surface area contributed by atoms with Gasteiger partial charge in [-0.05, 0) is 43.5 Å². The maximum absolute atomic E-state index is 5.99. The summed E-state index contributed by atoms with van der Waals surface area (Å²) in [5.41, 5.74) is 8.46. The maximum Gasteiger partial charge on any atom is 0.0344 e. The number of hydrogen-bond donors (Lipinski definition) is 2. The molecule has 0 unspecified atom stereocenters. The lowest BCUT2D eigenvalue weighted by Crippen LogP contribution is -2.31. The van der Waals surface area contributed by atoms with Gasteiger partial charge in [0.15, 0.2) is 0 Å². The van der Waals surface area contributed by atoms with Crippen LogP contribution < -0.4 is 11.1 Å². The van der Waals surface area contributed by atoms with Crippen molar-refractivity contribution in [3.63, 3.8) is 0 Å². The molecule has 0 saturated heterocycles. The zero-order valence-corrected chi connectivity index (χ0v) is 9.89. The van der Waals surface area contributed by atoms with E-state index in [1.54, 1.807) is 0 Å². The van der Waals surface area contributed by atoms with Crippen molar-refractivity contribution in [1.29, 1.82) is 0 Å². The molecule has 1 fully saturated rings. The van der Waals surface area contributed by atoms with E-state index >= 15 is 0 Å². The van der Waals surface area contributed by atoms with Gasteiger partial charge in [0.25, 0.3) is 0 Å². The van der Waals surface area contributed by atoms with Crippen LogP contribution in [0.5, 0.6) is 0 Å². The molecule has 1 aromatic carbocycles. The van der Waals surface area contributed by atoms with Crippen LogP contribution >= 0.6 is 15.9 Å². The van der Waals surface area contributed by atoms with Crippen molar-refractivity contribution in [3.05, 3.63) is 28.2 Å². The zero-order chi connectivity index (χ0) is 10.2. The van der Waals surface area contributed by atoms with Crippen molar-refractivity contribution < 1.29 is 0 Å². The summed E-state index contributed by atoms with van der Waals surface area (Å²) in [6.45, 7) is 2.97. The molecule has 0 atom stereocenters. The van der Waals surface area contributed by atoms with Gasteiger partial charge in [-0.2, -0.15) is 0 Å². The van der Waals surface area contributed by atoms with Gasteiger partial charge >= 0.3 is 0 Å². The first-order valence-electron chi connectivity index (χ1n) is 4.88. The first-order chi connectivity index (χ1) is 6.59. The topological polar surface area (TPSA) is 38.0 Å². The summed E-state index contributed by atoms with van der Waals surface area (Å²) in [5, 5.41) is 3.37. The molecular formula is C11H15BrN2. The number of hydrogen-bond acceptors (Lipinski definition) is 2. The summed E-state index contributed by atoms with van der Waals surface area (Å²) in [4.78, 5) is 0. The van der Waals surface area contributed by atoms with Crippen LogP contribution in [0, 0.1) is 6.92 Å². The fourth-order valence-corrected chi connectivity index (χ4v) is 1.62. The molecule has 14 heavy (non-hydrogen) atoms. The highest BCUT2D eigenvalue weighted by Gasteiger charge is 2.37. The van der Waals surface area contributed by atoms with Gasteiger partial charge in [-0.15, -0.1) is 0 Å². The number of anilines is 1. The van der Waals surface area contributed by atoms with E-state index < -0.39 is 0 Å². The number of nitrogens with one attached hydrogen (secondary N) is 1. The summed E-state index contributed by atoms with van der Waals surface area (Å²) < 4.78 is 1.15. The Kier molecular flexibility index (Phi) is 2.54. The van der Waals surface area contributed by atoms with Gasteiger partial charge < -0.3 is 11.1 Å². The van der Waals surface area contributed by atoms with Crippen molar-refractivity contribution in [3.8, 4) is 0 Å². The fraction of sp³-hybridized carbons (Fsp3) is 0.455. The van der Waals surface area contributed by atoms with Crippen LogP contribution in [0.1, 0.15) is 18.4 Å². The third-order valence-electron chi connectivity index (χ3n) is 2.69. The molecule has 0 aliphatic heterocycles. The molecule has 1 saturated carbocycles. The average Bonchev–Trinajstić information content (AvgIpc) is 2.87. The van der Waals surface area contributed by atoms with Crippen molar-refractivity contribution in [2.75, 3.05) is 11.9 Å². The van der Waals surface area contributed by atoms with E-state index in [9.17, 15) is 0 Å². The van der Waals surface area contributed by atoms with Gasteiger partial charge in [0.2, 0.25) is 0 Å². The van der Waals surface area contributed by atoms with Crippen LogP contribution in [0.15, 0.2) is 22.7 Å². The fourth-order valence-electron chi connectivity index (χ4n) is 1.37. The largest absolute Gasteiger partial charge is 0.383 e. The van der Waals surface area contributed by atoms with Crippen LogP contribution in [0.25, 0.3) is 0 Å². The van der Waals surface area contributed by atoms with Gasteiger partial charge in [0.1, 0.15) is 0 Å². The average molecular weight is 255 g/mol. The molecule has 1 aliphatic carbocycles. The molecule has 3 N–H and O–H groups in total. The lowest BCUT2D eigenvalue weighted by molar-refractivity contribution is 0.713. The van der Waals surface area contributed by atoms with Gasteiger partial charge in [-0.3, -0.25) is 0 Å². The Morgan fingerprint density at radius 3 is 2.79 bits per heavy atom. The molecular weight excluding hydrogens is 240 g/mol. The van der Waals surface area contributed by atoms with E-state index in [2.05, 4.69) is 46.4 Å². The molecule has 0 bridgehead atoms. The first kappa shape index (κ1) is 9.99. The lowest BCUT2D eigenvalue weighted by Gasteiger charge is -2.12. The highest BCUT2D eigenvalue weighted by atomic mass is 79.9. The summed E-state index contributed by atoms with van der Waals surface area (Å²) in [6.07, 6.45) is 2.30. The minimum Gasteiger partial charge on any atom is -0.383 e. The number of halogens is 1. The Balaban J connectivity index is 1.99. The van der Waals surface area contributed by atoms with E-state index in [0.29, 0.717) is 0 Å². The standard InChI is InChI=1S/C11H15BrN2/c1-8-6-9(2-3-10(8)12)14-7-11(13)4-5-11/h2-3,6,14H,4-5,7,13H2,1H3. The van der Waals surface area contributed by atoms with Crippen LogP contribution in [0.4, 0.5) is 5.69 Å². The normalized spacial score (nSPS) is 17.9. The van der Waals surface area contributed by atoms with Crippen LogP contribution in [0.3, 0.4) is 0 Å². The molecule has 2 rings (SSSR count). The molecule has 0 amide bonds. The second kappa shape index (κ2) is 3.55. The quantitative estimate of drug-likeness (QED) is 0.871. The summed E-state index contributed by atoms with van der Waals surface area (Å²) in [7, 11) is 0. The van der Waals surface area contributed by atoms with Crippen LogP contribution in [0.2, 0.25) is 0 Å². The lowest BCUT2D eigenvalue weighted by atomic mass is 10.2. The van der Waals surface area contributed by atoms with Crippen molar-refractivity contribution >= 4 is 21.6 Å². The molecule has 1 aromatic rings. The summed E-state index contributed by atoms with van der Waals surface area (Å²) in [6, 6.07) is 6.27. The molecule has 1 aliphatic rings. The van der Waals surface area contributed by atoms with E-state index in [-0.39, 0.29) is 5.54 Å². The molecule has 0 radical (unpaired) electrons. The first-order valence-corrected chi connectivity index (χ1v) is 5.67. The van der Waals surface area contributed by atoms with E-state index in [4.69, 9.17) is 5.73 Å². The Morgan fingerprint density at radius 2 is 2.21 bits per heavy atom. The third-order valence-corrected chi connectivity index (χ3v) is 3.58.